The van der Waals surface area contributed by atoms with Crippen molar-refractivity contribution in [2.75, 3.05) is 55.5 Å². The molecular weight excluding hydrogens is 508 g/mol. The first-order valence-corrected chi connectivity index (χ1v) is 13.4. The minimum atomic E-state index is -4.02. The molecule has 3 heterocycles. The summed E-state index contributed by atoms with van der Waals surface area (Å²) in [6.45, 7) is 1.31. The van der Waals surface area contributed by atoms with Gasteiger partial charge in [0.2, 0.25) is 6.19 Å². The first-order valence-electron chi connectivity index (χ1n) is 10.7. The lowest BCUT2D eigenvalue weighted by atomic mass is 10.1. The molecule has 1 saturated heterocycles. The summed E-state index contributed by atoms with van der Waals surface area (Å²) >= 11 is 1.79. The molecule has 1 fully saturated rings. The van der Waals surface area contributed by atoms with Gasteiger partial charge in [-0.3, -0.25) is 9.52 Å². The molecule has 1 aromatic carbocycles. The lowest BCUT2D eigenvalue weighted by Gasteiger charge is -2.26. The molecule has 0 spiro atoms. The molecular formula is C22H24N6O6S2. The maximum absolute atomic E-state index is 12.9. The maximum Gasteiger partial charge on any atom is 0.306 e. The summed E-state index contributed by atoms with van der Waals surface area (Å²) in [6, 6.07) is 3.21. The van der Waals surface area contributed by atoms with Crippen LogP contribution in [-0.2, 0) is 10.0 Å². The van der Waals surface area contributed by atoms with Crippen molar-refractivity contribution in [1.29, 1.82) is 5.26 Å². The fraction of sp³-hybridized carbons (Fsp3) is 0.318. The van der Waals surface area contributed by atoms with Gasteiger partial charge in [-0.1, -0.05) is 0 Å². The zero-order valence-corrected chi connectivity index (χ0v) is 21.4. The molecule has 12 nitrogen and oxygen atoms in total. The Kier molecular flexibility index (Phi) is 7.32. The van der Waals surface area contributed by atoms with E-state index < -0.39 is 15.6 Å². The van der Waals surface area contributed by atoms with Crippen LogP contribution < -0.4 is 29.4 Å². The first-order chi connectivity index (χ1) is 17.3. The molecule has 0 atom stereocenters. The summed E-state index contributed by atoms with van der Waals surface area (Å²) in [6.07, 6.45) is 5.81. The highest BCUT2D eigenvalue weighted by molar-refractivity contribution is 7.99. The number of aromatic nitrogens is 3. The lowest BCUT2D eigenvalue weighted by molar-refractivity contribution is 0.374. The van der Waals surface area contributed by atoms with Crippen molar-refractivity contribution in [3.8, 4) is 23.4 Å². The number of hydrogen-bond donors (Lipinski definition) is 1. The van der Waals surface area contributed by atoms with Crippen LogP contribution in [0.15, 0.2) is 34.7 Å². The molecule has 0 saturated carbocycles. The van der Waals surface area contributed by atoms with Gasteiger partial charge in [-0.05, 0) is 6.08 Å². The van der Waals surface area contributed by atoms with Crippen molar-refractivity contribution in [1.82, 2.24) is 14.2 Å². The fourth-order valence-electron chi connectivity index (χ4n) is 3.79. The number of sulfonamides is 1. The number of thioether (sulfide) groups is 1. The Balaban J connectivity index is 1.67. The van der Waals surface area contributed by atoms with E-state index in [4.69, 9.17) is 14.2 Å². The summed E-state index contributed by atoms with van der Waals surface area (Å²) in [5.74, 6) is 2.91. The zero-order chi connectivity index (χ0) is 25.9. The van der Waals surface area contributed by atoms with Gasteiger partial charge < -0.3 is 19.1 Å². The smallest absolute Gasteiger partial charge is 0.306 e. The summed E-state index contributed by atoms with van der Waals surface area (Å²) < 4.78 is 46.0. The van der Waals surface area contributed by atoms with Gasteiger partial charge in [0, 0.05) is 36.7 Å². The molecule has 2 aromatic heterocycles. The Morgan fingerprint density at radius 2 is 1.81 bits per heavy atom. The number of hydrogen-bond acceptors (Lipinski definition) is 10. The third-order valence-electron chi connectivity index (χ3n) is 5.48. The van der Waals surface area contributed by atoms with Gasteiger partial charge in [0.25, 0.3) is 10.0 Å². The van der Waals surface area contributed by atoms with E-state index in [9.17, 15) is 18.5 Å². The topological polar surface area (TPSA) is 140 Å². The number of nitriles is 1. The van der Waals surface area contributed by atoms with Gasteiger partial charge in [-0.2, -0.15) is 17.0 Å². The second-order valence-electron chi connectivity index (χ2n) is 7.57. The SMILES string of the molecule is COc1cc(OC)c(C=CS(=O)(=O)Nc2cnc3c(N4CCSCC4)c(=O)n(C#N)n3c2)c(OC)c1. The number of benzene rings is 1. The molecule has 36 heavy (non-hydrogen) atoms. The van der Waals surface area contributed by atoms with E-state index >= 15 is 0 Å². The molecule has 1 aliphatic rings. The van der Waals surface area contributed by atoms with Crippen LogP contribution in [0.1, 0.15) is 5.56 Å². The van der Waals surface area contributed by atoms with Gasteiger partial charge >= 0.3 is 5.56 Å². The number of ether oxygens (including phenoxy) is 3. The fourth-order valence-corrected chi connectivity index (χ4v) is 5.52. The highest BCUT2D eigenvalue weighted by Crippen LogP contribution is 2.35. The van der Waals surface area contributed by atoms with E-state index in [1.807, 2.05) is 11.1 Å². The average molecular weight is 533 g/mol. The predicted octanol–water partition coefficient (Wildman–Crippen LogP) is 1.82. The second-order valence-corrected chi connectivity index (χ2v) is 10.4. The summed E-state index contributed by atoms with van der Waals surface area (Å²) in [4.78, 5) is 19.1. The molecule has 0 aliphatic carbocycles. The van der Waals surface area contributed by atoms with Gasteiger partial charge in [-0.25, -0.2) is 17.9 Å². The minimum Gasteiger partial charge on any atom is -0.496 e. The number of methoxy groups -OCH3 is 3. The number of rotatable bonds is 8. The predicted molar refractivity (Wildman–Crippen MR) is 138 cm³/mol. The number of nitrogens with one attached hydrogen (secondary N) is 1. The number of nitrogens with zero attached hydrogens (tertiary/aromatic N) is 5. The van der Waals surface area contributed by atoms with E-state index in [-0.39, 0.29) is 11.3 Å². The standard InChI is InChI=1S/C22H24N6O6S2/c1-32-16-10-18(33-2)17(19(11-16)34-3)4-9-36(30,31)25-15-12-24-21-20(26-5-7-35-8-6-26)22(29)28(14-23)27(21)13-15/h4,9-13,25H,5-8H2,1-3H3. The number of fused-ring (bicyclic) bond motifs is 1. The van der Waals surface area contributed by atoms with Crippen molar-refractivity contribution in [2.45, 2.75) is 0 Å². The van der Waals surface area contributed by atoms with Gasteiger partial charge in [0.05, 0.1) is 50.4 Å². The zero-order valence-electron chi connectivity index (χ0n) is 19.8. The molecule has 14 heteroatoms. The summed E-state index contributed by atoms with van der Waals surface area (Å²) in [5.41, 5.74) is 0.563. The molecule has 190 valence electrons. The van der Waals surface area contributed by atoms with Crippen molar-refractivity contribution in [3.63, 3.8) is 0 Å². The molecule has 1 aliphatic heterocycles. The van der Waals surface area contributed by atoms with E-state index in [0.717, 1.165) is 21.6 Å². The van der Waals surface area contributed by atoms with E-state index in [1.165, 1.54) is 44.3 Å². The van der Waals surface area contributed by atoms with Crippen LogP contribution in [0.4, 0.5) is 11.4 Å². The minimum absolute atomic E-state index is 0.0700. The Labute approximate surface area is 211 Å². The van der Waals surface area contributed by atoms with Crippen LogP contribution in [0.3, 0.4) is 0 Å². The van der Waals surface area contributed by atoms with Crippen molar-refractivity contribution in [2.24, 2.45) is 0 Å². The molecule has 1 N–H and O–H groups in total. The third-order valence-corrected chi connectivity index (χ3v) is 7.43. The second kappa shape index (κ2) is 10.4. The Morgan fingerprint density at radius 3 is 2.39 bits per heavy atom. The molecule has 0 radical (unpaired) electrons. The van der Waals surface area contributed by atoms with E-state index in [1.54, 1.807) is 23.9 Å². The summed E-state index contributed by atoms with van der Waals surface area (Å²) in [7, 11) is 0.367. The molecule has 0 unspecified atom stereocenters. The highest BCUT2D eigenvalue weighted by atomic mass is 32.2. The number of anilines is 2. The Hall–Kier alpha value is -3.83. The average Bonchev–Trinajstić information content (AvgIpc) is 3.17. The van der Waals surface area contributed by atoms with Crippen LogP contribution in [-0.4, -0.2) is 68.5 Å². The van der Waals surface area contributed by atoms with Crippen LogP contribution >= 0.6 is 11.8 Å². The highest BCUT2D eigenvalue weighted by Gasteiger charge is 2.24. The monoisotopic (exact) mass is 532 g/mol. The van der Waals surface area contributed by atoms with E-state index in [0.29, 0.717) is 41.6 Å². The van der Waals surface area contributed by atoms with E-state index in [2.05, 4.69) is 9.71 Å². The first kappa shape index (κ1) is 25.3. The molecule has 3 aromatic rings. The molecule has 4 rings (SSSR count). The maximum atomic E-state index is 12.9. The van der Waals surface area contributed by atoms with Crippen molar-refractivity contribution in [3.05, 3.63) is 45.9 Å². The Bertz CT molecular complexity index is 1490. The van der Waals surface area contributed by atoms with Gasteiger partial charge in [0.15, 0.2) is 11.3 Å². The van der Waals surface area contributed by atoms with Crippen LogP contribution in [0.5, 0.6) is 17.2 Å². The van der Waals surface area contributed by atoms with Crippen LogP contribution in [0.25, 0.3) is 11.7 Å². The van der Waals surface area contributed by atoms with Gasteiger partial charge in [-0.15, -0.1) is 4.68 Å². The quantitative estimate of drug-likeness (QED) is 0.457. The van der Waals surface area contributed by atoms with Crippen molar-refractivity contribution >= 4 is 44.9 Å². The third kappa shape index (κ3) is 4.93. The Morgan fingerprint density at radius 1 is 1.14 bits per heavy atom. The van der Waals surface area contributed by atoms with Crippen molar-refractivity contribution < 1.29 is 22.6 Å². The largest absolute Gasteiger partial charge is 0.496 e. The van der Waals surface area contributed by atoms with Crippen LogP contribution in [0, 0.1) is 11.5 Å². The molecule has 0 amide bonds. The van der Waals surface area contributed by atoms with Crippen LogP contribution in [0.2, 0.25) is 0 Å². The van der Waals surface area contributed by atoms with Gasteiger partial charge in [0.1, 0.15) is 17.2 Å². The summed E-state index contributed by atoms with van der Waals surface area (Å²) in [5, 5.41) is 10.5. The normalized spacial score (nSPS) is 14.1. The lowest BCUT2D eigenvalue weighted by Crippen LogP contribution is -2.35. The molecule has 0 bridgehead atoms.